The Balaban J connectivity index is 2.00. The summed E-state index contributed by atoms with van der Waals surface area (Å²) in [6, 6.07) is 7.59. The lowest BCUT2D eigenvalue weighted by Gasteiger charge is -2.18. The Bertz CT molecular complexity index is 314. The molecule has 1 atom stereocenters. The summed E-state index contributed by atoms with van der Waals surface area (Å²) in [6.07, 6.45) is 3.43. The van der Waals surface area contributed by atoms with E-state index in [-0.39, 0.29) is 6.04 Å². The van der Waals surface area contributed by atoms with E-state index in [9.17, 15) is 0 Å². The third-order valence-corrected chi connectivity index (χ3v) is 3.33. The van der Waals surface area contributed by atoms with Crippen molar-refractivity contribution >= 4 is 0 Å². The molecule has 1 aliphatic rings. The number of phenolic OH excluding ortho intramolecular Hbond substituents is 1. The molecule has 14 heavy (non-hydrogen) atoms. The molecule has 1 aromatic carbocycles. The molecular weight excluding hydrogens is 174 g/mol. The molecule has 0 aliphatic heterocycles. The molecule has 1 unspecified atom stereocenters. The maximum absolute atomic E-state index is 9.13. The smallest absolute Gasteiger partial charge is 0.115 e. The fourth-order valence-electron chi connectivity index (χ4n) is 1.70. The summed E-state index contributed by atoms with van der Waals surface area (Å²) in [6.45, 7) is 2.25. The lowest BCUT2D eigenvalue weighted by atomic mass is 9.93. The van der Waals surface area contributed by atoms with Crippen LogP contribution in [0.3, 0.4) is 0 Å². The number of nitrogens with two attached hydrogens (primary N) is 1. The fraction of sp³-hybridized carbons (Fsp3) is 0.500. The van der Waals surface area contributed by atoms with E-state index >= 15 is 0 Å². The van der Waals surface area contributed by atoms with Gasteiger partial charge < -0.3 is 10.8 Å². The first-order valence-electron chi connectivity index (χ1n) is 5.14. The minimum Gasteiger partial charge on any atom is -0.508 e. The quantitative estimate of drug-likeness (QED) is 0.768. The van der Waals surface area contributed by atoms with Crippen molar-refractivity contribution in [3.8, 4) is 5.75 Å². The standard InChI is InChI=1S/C12H17NO/c1-12(6-7-12)11(13)8-9-2-4-10(14)5-3-9/h2-5,11,14H,6-8,13H2,1H3. The molecule has 0 amide bonds. The van der Waals surface area contributed by atoms with Crippen molar-refractivity contribution in [3.63, 3.8) is 0 Å². The molecule has 3 N–H and O–H groups in total. The minimum absolute atomic E-state index is 0.257. The SMILES string of the molecule is CC1(C(N)Cc2ccc(O)cc2)CC1. The van der Waals surface area contributed by atoms with Gasteiger partial charge in [-0.15, -0.1) is 0 Å². The number of phenols is 1. The zero-order valence-electron chi connectivity index (χ0n) is 8.53. The van der Waals surface area contributed by atoms with Crippen LogP contribution in [0.2, 0.25) is 0 Å². The normalized spacial score (nSPS) is 20.4. The molecule has 0 saturated heterocycles. The third kappa shape index (κ3) is 1.90. The Hall–Kier alpha value is -1.02. The van der Waals surface area contributed by atoms with Gasteiger partial charge in [0.25, 0.3) is 0 Å². The van der Waals surface area contributed by atoms with E-state index in [1.165, 1.54) is 18.4 Å². The highest BCUT2D eigenvalue weighted by molar-refractivity contribution is 5.26. The van der Waals surface area contributed by atoms with Crippen molar-refractivity contribution in [2.24, 2.45) is 11.1 Å². The van der Waals surface area contributed by atoms with Crippen LogP contribution in [0.25, 0.3) is 0 Å². The Morgan fingerprint density at radius 1 is 1.36 bits per heavy atom. The molecule has 1 fully saturated rings. The molecule has 76 valence electrons. The average molecular weight is 191 g/mol. The summed E-state index contributed by atoms with van der Waals surface area (Å²) in [5.41, 5.74) is 7.71. The van der Waals surface area contributed by atoms with Crippen molar-refractivity contribution in [3.05, 3.63) is 29.8 Å². The van der Waals surface area contributed by atoms with Gasteiger partial charge in [-0.3, -0.25) is 0 Å². The van der Waals surface area contributed by atoms with Crippen molar-refractivity contribution in [1.82, 2.24) is 0 Å². The minimum atomic E-state index is 0.257. The van der Waals surface area contributed by atoms with Gasteiger partial charge in [0, 0.05) is 6.04 Å². The largest absolute Gasteiger partial charge is 0.508 e. The van der Waals surface area contributed by atoms with Crippen molar-refractivity contribution in [1.29, 1.82) is 0 Å². The zero-order chi connectivity index (χ0) is 10.2. The van der Waals surface area contributed by atoms with Gasteiger partial charge in [-0.2, -0.15) is 0 Å². The van der Waals surface area contributed by atoms with Crippen molar-refractivity contribution < 1.29 is 5.11 Å². The third-order valence-electron chi connectivity index (χ3n) is 3.33. The van der Waals surface area contributed by atoms with E-state index in [4.69, 9.17) is 10.8 Å². The van der Waals surface area contributed by atoms with Gasteiger partial charge in [0.15, 0.2) is 0 Å². The number of hydrogen-bond donors (Lipinski definition) is 2. The molecule has 0 heterocycles. The summed E-state index contributed by atoms with van der Waals surface area (Å²) in [5.74, 6) is 0.319. The van der Waals surface area contributed by atoms with Crippen LogP contribution in [0.15, 0.2) is 24.3 Å². The Labute approximate surface area is 84.7 Å². The second kappa shape index (κ2) is 3.28. The van der Waals surface area contributed by atoms with Crippen LogP contribution in [0.4, 0.5) is 0 Å². The van der Waals surface area contributed by atoms with E-state index < -0.39 is 0 Å². The molecular formula is C12H17NO. The first-order valence-corrected chi connectivity index (χ1v) is 5.14. The van der Waals surface area contributed by atoms with Gasteiger partial charge >= 0.3 is 0 Å². The first kappa shape index (κ1) is 9.53. The highest BCUT2D eigenvalue weighted by atomic mass is 16.3. The highest BCUT2D eigenvalue weighted by Gasteiger charge is 2.42. The lowest BCUT2D eigenvalue weighted by Crippen LogP contribution is -2.31. The molecule has 1 aliphatic carbocycles. The Morgan fingerprint density at radius 3 is 2.43 bits per heavy atom. The zero-order valence-corrected chi connectivity index (χ0v) is 8.53. The molecule has 0 radical (unpaired) electrons. The van der Waals surface area contributed by atoms with E-state index in [1.807, 2.05) is 12.1 Å². The predicted octanol–water partition coefficient (Wildman–Crippen LogP) is 2.06. The van der Waals surface area contributed by atoms with E-state index in [0.29, 0.717) is 11.2 Å². The van der Waals surface area contributed by atoms with Crippen LogP contribution in [0.5, 0.6) is 5.75 Å². The Kier molecular flexibility index (Phi) is 2.23. The molecule has 1 saturated carbocycles. The number of benzene rings is 1. The molecule has 2 rings (SSSR count). The van der Waals surface area contributed by atoms with E-state index in [2.05, 4.69) is 6.92 Å². The maximum atomic E-state index is 9.13. The van der Waals surface area contributed by atoms with Crippen LogP contribution in [0.1, 0.15) is 25.3 Å². The Morgan fingerprint density at radius 2 is 1.93 bits per heavy atom. The van der Waals surface area contributed by atoms with E-state index in [0.717, 1.165) is 6.42 Å². The summed E-state index contributed by atoms with van der Waals surface area (Å²) < 4.78 is 0. The van der Waals surface area contributed by atoms with Crippen LogP contribution >= 0.6 is 0 Å². The van der Waals surface area contributed by atoms with Gasteiger partial charge in [0.2, 0.25) is 0 Å². The number of hydrogen-bond acceptors (Lipinski definition) is 2. The molecule has 0 bridgehead atoms. The molecule has 0 aromatic heterocycles. The summed E-state index contributed by atoms with van der Waals surface area (Å²) in [5, 5.41) is 9.13. The number of rotatable bonds is 3. The lowest BCUT2D eigenvalue weighted by molar-refractivity contribution is 0.432. The average Bonchev–Trinajstić information content (AvgIpc) is 2.89. The van der Waals surface area contributed by atoms with Crippen molar-refractivity contribution in [2.75, 3.05) is 0 Å². The van der Waals surface area contributed by atoms with Crippen LogP contribution in [-0.4, -0.2) is 11.1 Å². The van der Waals surface area contributed by atoms with Gasteiger partial charge in [0.05, 0.1) is 0 Å². The monoisotopic (exact) mass is 191 g/mol. The summed E-state index contributed by atoms with van der Waals surface area (Å²) in [4.78, 5) is 0. The molecule has 0 spiro atoms. The van der Waals surface area contributed by atoms with Crippen LogP contribution < -0.4 is 5.73 Å². The molecule has 1 aromatic rings. The van der Waals surface area contributed by atoms with Gasteiger partial charge in [-0.25, -0.2) is 0 Å². The molecule has 2 nitrogen and oxygen atoms in total. The summed E-state index contributed by atoms with van der Waals surface area (Å²) in [7, 11) is 0. The van der Waals surface area contributed by atoms with Gasteiger partial charge in [-0.05, 0) is 42.4 Å². The van der Waals surface area contributed by atoms with Crippen LogP contribution in [0, 0.1) is 5.41 Å². The second-order valence-corrected chi connectivity index (χ2v) is 4.63. The van der Waals surface area contributed by atoms with E-state index in [1.54, 1.807) is 12.1 Å². The second-order valence-electron chi connectivity index (χ2n) is 4.63. The van der Waals surface area contributed by atoms with Gasteiger partial charge in [-0.1, -0.05) is 19.1 Å². The molecule has 2 heteroatoms. The number of aromatic hydroxyl groups is 1. The fourth-order valence-corrected chi connectivity index (χ4v) is 1.70. The van der Waals surface area contributed by atoms with Gasteiger partial charge in [0.1, 0.15) is 5.75 Å². The van der Waals surface area contributed by atoms with Crippen molar-refractivity contribution in [2.45, 2.75) is 32.2 Å². The maximum Gasteiger partial charge on any atom is 0.115 e. The first-order chi connectivity index (χ1) is 6.60. The topological polar surface area (TPSA) is 46.2 Å². The predicted molar refractivity (Wildman–Crippen MR) is 57.1 cm³/mol. The summed E-state index contributed by atoms with van der Waals surface area (Å²) >= 11 is 0. The van der Waals surface area contributed by atoms with Crippen LogP contribution in [-0.2, 0) is 6.42 Å². The highest BCUT2D eigenvalue weighted by Crippen LogP contribution is 2.48.